The zero-order chi connectivity index (χ0) is 15.3. The van der Waals surface area contributed by atoms with E-state index in [0.29, 0.717) is 18.4 Å². The number of nitrogen functional groups attached to an aromatic ring is 1. The van der Waals surface area contributed by atoms with E-state index in [1.165, 1.54) is 18.9 Å². The van der Waals surface area contributed by atoms with Crippen LogP contribution in [0.25, 0.3) is 0 Å². The van der Waals surface area contributed by atoms with Crippen molar-refractivity contribution in [3.63, 3.8) is 0 Å². The number of nitrogens with one attached hydrogen (secondary N) is 1. The number of rotatable bonds is 7. The van der Waals surface area contributed by atoms with Gasteiger partial charge in [-0.05, 0) is 37.0 Å². The smallest absolute Gasteiger partial charge is 0.240 e. The van der Waals surface area contributed by atoms with E-state index < -0.39 is 10.0 Å². The Morgan fingerprint density at radius 2 is 2.05 bits per heavy atom. The molecule has 1 aliphatic carbocycles. The topological polar surface area (TPSA) is 81.4 Å². The molecule has 1 fully saturated rings. The number of aryl methyl sites for hydroxylation is 1. The van der Waals surface area contributed by atoms with E-state index in [-0.39, 0.29) is 11.4 Å². The molecule has 3 N–H and O–H groups in total. The lowest BCUT2D eigenvalue weighted by Gasteiger charge is -2.12. The van der Waals surface area contributed by atoms with Crippen LogP contribution in [0.15, 0.2) is 23.1 Å². The van der Waals surface area contributed by atoms with Gasteiger partial charge in [0.2, 0.25) is 10.0 Å². The van der Waals surface area contributed by atoms with Crippen LogP contribution in [-0.2, 0) is 21.2 Å². The molecule has 6 heteroatoms. The molecule has 1 aromatic rings. The van der Waals surface area contributed by atoms with Gasteiger partial charge in [-0.2, -0.15) is 0 Å². The van der Waals surface area contributed by atoms with Crippen LogP contribution in [0.4, 0.5) is 5.69 Å². The van der Waals surface area contributed by atoms with Gasteiger partial charge in [0, 0.05) is 12.2 Å². The van der Waals surface area contributed by atoms with Crippen molar-refractivity contribution in [1.82, 2.24) is 4.72 Å². The molecule has 0 heterocycles. The first-order chi connectivity index (χ1) is 10.0. The number of benzene rings is 1. The Morgan fingerprint density at radius 3 is 2.67 bits per heavy atom. The van der Waals surface area contributed by atoms with Gasteiger partial charge in [-0.1, -0.05) is 25.8 Å². The van der Waals surface area contributed by atoms with E-state index in [4.69, 9.17) is 10.5 Å². The molecular formula is C15H24N2O3S. The average molecular weight is 312 g/mol. The summed E-state index contributed by atoms with van der Waals surface area (Å²) in [5.41, 5.74) is 7.32. The highest BCUT2D eigenvalue weighted by atomic mass is 32.2. The minimum atomic E-state index is -3.51. The fraction of sp³-hybridized carbons (Fsp3) is 0.600. The second kappa shape index (κ2) is 7.24. The first kappa shape index (κ1) is 16.3. The highest BCUT2D eigenvalue weighted by molar-refractivity contribution is 7.89. The van der Waals surface area contributed by atoms with Crippen LogP contribution in [0, 0.1) is 0 Å². The fourth-order valence-corrected chi connectivity index (χ4v) is 3.65. The zero-order valence-corrected chi connectivity index (χ0v) is 13.3. The number of hydrogen-bond acceptors (Lipinski definition) is 4. The van der Waals surface area contributed by atoms with Gasteiger partial charge >= 0.3 is 0 Å². The third-order valence-corrected chi connectivity index (χ3v) is 5.32. The van der Waals surface area contributed by atoms with Crippen LogP contribution in [0.1, 0.15) is 38.2 Å². The minimum Gasteiger partial charge on any atom is -0.398 e. The maximum atomic E-state index is 12.2. The van der Waals surface area contributed by atoms with Crippen molar-refractivity contribution < 1.29 is 13.2 Å². The molecule has 118 valence electrons. The molecule has 0 atom stereocenters. The number of nitrogens with two attached hydrogens (primary N) is 1. The van der Waals surface area contributed by atoms with Crippen molar-refractivity contribution in [2.75, 3.05) is 18.9 Å². The molecule has 0 aromatic heterocycles. The Bertz CT molecular complexity index is 566. The number of hydrogen-bond donors (Lipinski definition) is 2. The molecule has 0 aliphatic heterocycles. The molecule has 0 saturated heterocycles. The molecule has 1 aliphatic rings. The summed E-state index contributed by atoms with van der Waals surface area (Å²) in [5, 5.41) is 0. The van der Waals surface area contributed by atoms with Gasteiger partial charge < -0.3 is 10.5 Å². The van der Waals surface area contributed by atoms with Crippen molar-refractivity contribution in [1.29, 1.82) is 0 Å². The molecule has 0 bridgehead atoms. The van der Waals surface area contributed by atoms with Crippen molar-refractivity contribution in [2.45, 2.75) is 50.0 Å². The lowest BCUT2D eigenvalue weighted by atomic mass is 10.1. The summed E-state index contributed by atoms with van der Waals surface area (Å²) in [5.74, 6) is 0. The van der Waals surface area contributed by atoms with E-state index in [1.807, 2.05) is 6.92 Å². The van der Waals surface area contributed by atoms with E-state index in [0.717, 1.165) is 24.8 Å². The summed E-state index contributed by atoms with van der Waals surface area (Å²) >= 11 is 0. The fourth-order valence-electron chi connectivity index (χ4n) is 2.60. The van der Waals surface area contributed by atoms with Gasteiger partial charge in [-0.3, -0.25) is 0 Å². The maximum absolute atomic E-state index is 12.2. The summed E-state index contributed by atoms with van der Waals surface area (Å²) in [7, 11) is -3.51. The second-order valence-corrected chi connectivity index (χ2v) is 7.16. The molecular weight excluding hydrogens is 288 g/mol. The average Bonchev–Trinajstić information content (AvgIpc) is 2.97. The Kier molecular flexibility index (Phi) is 5.61. The largest absolute Gasteiger partial charge is 0.398 e. The lowest BCUT2D eigenvalue weighted by Crippen LogP contribution is -2.28. The second-order valence-electron chi connectivity index (χ2n) is 5.39. The SMILES string of the molecule is CCc1ccc(S(=O)(=O)NCCOC2CCCC2)cc1N. The summed E-state index contributed by atoms with van der Waals surface area (Å²) < 4.78 is 32.5. The molecule has 0 spiro atoms. The van der Waals surface area contributed by atoms with Gasteiger partial charge in [-0.15, -0.1) is 0 Å². The summed E-state index contributed by atoms with van der Waals surface area (Å²) in [4.78, 5) is 0.207. The Morgan fingerprint density at radius 1 is 1.33 bits per heavy atom. The van der Waals surface area contributed by atoms with Crippen LogP contribution in [0.5, 0.6) is 0 Å². The molecule has 2 rings (SSSR count). The summed E-state index contributed by atoms with van der Waals surface area (Å²) in [6.45, 7) is 2.68. The monoisotopic (exact) mass is 312 g/mol. The van der Waals surface area contributed by atoms with Gasteiger partial charge in [0.15, 0.2) is 0 Å². The highest BCUT2D eigenvalue weighted by Crippen LogP contribution is 2.21. The van der Waals surface area contributed by atoms with Crippen LogP contribution < -0.4 is 10.5 Å². The maximum Gasteiger partial charge on any atom is 0.240 e. The third kappa shape index (κ3) is 4.43. The van der Waals surface area contributed by atoms with Crippen molar-refractivity contribution in [2.24, 2.45) is 0 Å². The Labute approximate surface area is 126 Å². The summed E-state index contributed by atoms with van der Waals surface area (Å²) in [6, 6.07) is 4.87. The molecule has 21 heavy (non-hydrogen) atoms. The van der Waals surface area contributed by atoms with Crippen molar-refractivity contribution in [3.8, 4) is 0 Å². The van der Waals surface area contributed by atoms with Gasteiger partial charge in [-0.25, -0.2) is 13.1 Å². The van der Waals surface area contributed by atoms with Crippen LogP contribution in [0.3, 0.4) is 0 Å². The lowest BCUT2D eigenvalue weighted by molar-refractivity contribution is 0.0626. The standard InChI is InChI=1S/C15H24N2O3S/c1-2-12-7-8-14(11-15(12)16)21(18,19)17-9-10-20-13-5-3-4-6-13/h7-8,11,13,17H,2-6,9-10,16H2,1H3. The molecule has 5 nitrogen and oxygen atoms in total. The molecule has 0 amide bonds. The van der Waals surface area contributed by atoms with E-state index in [9.17, 15) is 8.42 Å². The molecule has 1 saturated carbocycles. The Balaban J connectivity index is 1.87. The summed E-state index contributed by atoms with van der Waals surface area (Å²) in [6.07, 6.45) is 5.67. The van der Waals surface area contributed by atoms with E-state index in [2.05, 4.69) is 4.72 Å². The number of sulfonamides is 1. The first-order valence-electron chi connectivity index (χ1n) is 7.52. The normalized spacial score (nSPS) is 16.4. The van der Waals surface area contributed by atoms with E-state index >= 15 is 0 Å². The van der Waals surface area contributed by atoms with E-state index in [1.54, 1.807) is 12.1 Å². The van der Waals surface area contributed by atoms with Gasteiger partial charge in [0.25, 0.3) is 0 Å². The van der Waals surface area contributed by atoms with Crippen molar-refractivity contribution in [3.05, 3.63) is 23.8 Å². The van der Waals surface area contributed by atoms with Crippen LogP contribution >= 0.6 is 0 Å². The molecule has 0 unspecified atom stereocenters. The van der Waals surface area contributed by atoms with Crippen molar-refractivity contribution >= 4 is 15.7 Å². The van der Waals surface area contributed by atoms with Gasteiger partial charge in [0.05, 0.1) is 17.6 Å². The van der Waals surface area contributed by atoms with Gasteiger partial charge in [0.1, 0.15) is 0 Å². The number of ether oxygens (including phenoxy) is 1. The minimum absolute atomic E-state index is 0.207. The van der Waals surface area contributed by atoms with Crippen LogP contribution in [0.2, 0.25) is 0 Å². The highest BCUT2D eigenvalue weighted by Gasteiger charge is 2.17. The number of anilines is 1. The quantitative estimate of drug-likeness (QED) is 0.596. The molecule has 0 radical (unpaired) electrons. The predicted molar refractivity (Wildman–Crippen MR) is 83.6 cm³/mol. The van der Waals surface area contributed by atoms with Crippen LogP contribution in [-0.4, -0.2) is 27.7 Å². The first-order valence-corrected chi connectivity index (χ1v) is 9.01. The third-order valence-electron chi connectivity index (χ3n) is 3.86. The Hall–Kier alpha value is -1.11. The molecule has 1 aromatic carbocycles. The predicted octanol–water partition coefficient (Wildman–Crippen LogP) is 2.07. The zero-order valence-electron chi connectivity index (χ0n) is 12.5.